The van der Waals surface area contributed by atoms with E-state index in [1.54, 1.807) is 0 Å². The van der Waals surface area contributed by atoms with E-state index in [-0.39, 0.29) is 11.7 Å². The Bertz CT molecular complexity index is 399. The van der Waals surface area contributed by atoms with E-state index in [9.17, 15) is 4.79 Å². The molecule has 0 radical (unpaired) electrons. The summed E-state index contributed by atoms with van der Waals surface area (Å²) in [6.07, 6.45) is 6.01. The predicted molar refractivity (Wildman–Crippen MR) is 88.4 cm³/mol. The highest BCUT2D eigenvalue weighted by Gasteiger charge is 2.28. The average Bonchev–Trinajstić information content (AvgIpc) is 3.38. The number of ketones is 1. The molecular weight excluding hydrogens is 296 g/mol. The summed E-state index contributed by atoms with van der Waals surface area (Å²) < 4.78 is 20.3. The van der Waals surface area contributed by atoms with Gasteiger partial charge in [-0.1, -0.05) is 0 Å². The molecule has 0 saturated heterocycles. The third-order valence-corrected chi connectivity index (χ3v) is 2.67. The van der Waals surface area contributed by atoms with Crippen molar-refractivity contribution >= 4 is 5.78 Å². The molecule has 0 atom stereocenters. The van der Waals surface area contributed by atoms with E-state index in [0.29, 0.717) is 26.4 Å². The van der Waals surface area contributed by atoms with Crippen molar-refractivity contribution in [2.75, 3.05) is 26.4 Å². The summed E-state index contributed by atoms with van der Waals surface area (Å²) in [6.45, 7) is 9.76. The lowest BCUT2D eigenvalue weighted by Crippen LogP contribution is -2.15. The summed E-state index contributed by atoms with van der Waals surface area (Å²) in [5, 5.41) is 0. The first kappa shape index (κ1) is 21.6. The molecule has 0 bridgehead atoms. The van der Waals surface area contributed by atoms with Gasteiger partial charge >= 0.3 is 0 Å². The van der Waals surface area contributed by atoms with Gasteiger partial charge in [-0.05, 0) is 58.3 Å². The van der Waals surface area contributed by atoms with Gasteiger partial charge in [0.1, 0.15) is 0 Å². The van der Waals surface area contributed by atoms with Gasteiger partial charge in [0.15, 0.2) is 0 Å². The van der Waals surface area contributed by atoms with Gasteiger partial charge in [0.05, 0.1) is 0 Å². The molecule has 0 aromatic carbocycles. The number of terminal acetylenes is 1. The van der Waals surface area contributed by atoms with Crippen molar-refractivity contribution in [3.8, 4) is 24.2 Å². The lowest BCUT2D eigenvalue weighted by Gasteiger charge is -2.09. The molecule has 0 unspecified atom stereocenters. The fraction of sp³-hybridized carbons (Fsp3) is 0.722. The molecule has 0 aliphatic heterocycles. The molecule has 0 heterocycles. The van der Waals surface area contributed by atoms with E-state index < -0.39 is 12.6 Å². The smallest absolute Gasteiger partial charge is 0.222 e. The molecule has 1 aliphatic carbocycles. The van der Waals surface area contributed by atoms with Gasteiger partial charge in [0.2, 0.25) is 18.4 Å². The Labute approximate surface area is 140 Å². The number of rotatable bonds is 9. The normalized spacial score (nSPS) is 12.9. The van der Waals surface area contributed by atoms with Crippen molar-refractivity contribution in [2.45, 2.75) is 53.1 Å². The molecule has 130 valence electrons. The molecule has 1 saturated carbocycles. The van der Waals surface area contributed by atoms with Crippen LogP contribution in [0, 0.1) is 30.1 Å². The lowest BCUT2D eigenvalue weighted by molar-refractivity contribution is -0.115. The summed E-state index contributed by atoms with van der Waals surface area (Å²) in [4.78, 5) is 11.2. The van der Waals surface area contributed by atoms with Crippen LogP contribution in [0.15, 0.2) is 0 Å². The second kappa shape index (κ2) is 14.2. The number of hydrogen-bond donors (Lipinski definition) is 0. The van der Waals surface area contributed by atoms with Crippen LogP contribution in [0.25, 0.3) is 0 Å². The molecule has 0 aromatic rings. The molecule has 1 aliphatic rings. The quantitative estimate of drug-likeness (QED) is 0.370. The maximum atomic E-state index is 11.2. The highest BCUT2D eigenvalue weighted by Crippen LogP contribution is 2.29. The van der Waals surface area contributed by atoms with Gasteiger partial charge < -0.3 is 18.9 Å². The van der Waals surface area contributed by atoms with Crippen LogP contribution in [0.5, 0.6) is 0 Å². The predicted octanol–water partition coefficient (Wildman–Crippen LogP) is 2.39. The summed E-state index contributed by atoms with van der Waals surface area (Å²) in [6, 6.07) is 0. The van der Waals surface area contributed by atoms with Crippen molar-refractivity contribution in [1.29, 1.82) is 0 Å². The molecule has 1 fully saturated rings. The molecule has 0 spiro atoms. The molecule has 0 N–H and O–H groups in total. The summed E-state index contributed by atoms with van der Waals surface area (Å²) in [5.74, 6) is 7.84. The topological polar surface area (TPSA) is 54.0 Å². The summed E-state index contributed by atoms with van der Waals surface area (Å²) in [7, 11) is 0. The van der Waals surface area contributed by atoms with Crippen LogP contribution in [0.3, 0.4) is 0 Å². The Hall–Kier alpha value is -1.37. The van der Waals surface area contributed by atoms with E-state index in [1.807, 2.05) is 27.7 Å². The largest absolute Gasteiger partial charge is 0.342 e. The van der Waals surface area contributed by atoms with Gasteiger partial charge in [0, 0.05) is 32.3 Å². The fourth-order valence-electron chi connectivity index (χ4n) is 1.46. The SMILES string of the molecule is C#CC(OCC)OCC.CCOC(C#CC(=O)C1CC1)OCC. The third kappa shape index (κ3) is 11.8. The minimum Gasteiger partial charge on any atom is -0.342 e. The van der Waals surface area contributed by atoms with E-state index in [0.717, 1.165) is 12.8 Å². The van der Waals surface area contributed by atoms with Crippen LogP contribution < -0.4 is 0 Å². The minimum atomic E-state index is -0.548. The number of ether oxygens (including phenoxy) is 4. The first-order chi connectivity index (χ1) is 11.1. The Morgan fingerprint density at radius 3 is 1.74 bits per heavy atom. The van der Waals surface area contributed by atoms with Crippen molar-refractivity contribution < 1.29 is 23.7 Å². The van der Waals surface area contributed by atoms with Crippen molar-refractivity contribution in [1.82, 2.24) is 0 Å². The molecule has 0 amide bonds. The molecule has 1 rings (SSSR count). The number of hydrogen-bond acceptors (Lipinski definition) is 5. The van der Waals surface area contributed by atoms with Crippen molar-refractivity contribution in [3.05, 3.63) is 0 Å². The van der Waals surface area contributed by atoms with Gasteiger partial charge in [-0.25, -0.2) is 0 Å². The summed E-state index contributed by atoms with van der Waals surface area (Å²) >= 11 is 0. The maximum absolute atomic E-state index is 11.2. The molecule has 23 heavy (non-hydrogen) atoms. The number of carbonyl (C=O) groups excluding carboxylic acids is 1. The highest BCUT2D eigenvalue weighted by molar-refractivity contribution is 5.98. The van der Waals surface area contributed by atoms with Crippen LogP contribution in [-0.4, -0.2) is 44.8 Å². The van der Waals surface area contributed by atoms with Gasteiger partial charge in [-0.2, -0.15) is 0 Å². The Morgan fingerprint density at radius 2 is 1.39 bits per heavy atom. The third-order valence-electron chi connectivity index (χ3n) is 2.67. The fourth-order valence-corrected chi connectivity index (χ4v) is 1.46. The van der Waals surface area contributed by atoms with Crippen LogP contribution in [0.1, 0.15) is 40.5 Å². The zero-order valence-corrected chi connectivity index (χ0v) is 14.6. The first-order valence-electron chi connectivity index (χ1n) is 8.10. The lowest BCUT2D eigenvalue weighted by atomic mass is 10.3. The van der Waals surface area contributed by atoms with Crippen molar-refractivity contribution in [3.63, 3.8) is 0 Å². The standard InChI is InChI=1S/C11H16O3.C7H12O2/c1-3-13-11(14-4-2)8-7-10(12)9-5-6-9;1-4-7(8-5-2)9-6-3/h9,11H,3-6H2,1-2H3;1,7H,5-6H2,2-3H3. The second-order valence-electron chi connectivity index (χ2n) is 4.56. The van der Waals surface area contributed by atoms with Crippen LogP contribution in [-0.2, 0) is 23.7 Å². The molecular formula is C18H28O5. The van der Waals surface area contributed by atoms with Crippen molar-refractivity contribution in [2.24, 2.45) is 5.92 Å². The van der Waals surface area contributed by atoms with Gasteiger partial charge in [-0.15, -0.1) is 6.42 Å². The van der Waals surface area contributed by atoms with E-state index in [1.165, 1.54) is 0 Å². The average molecular weight is 324 g/mol. The van der Waals surface area contributed by atoms with Crippen LogP contribution >= 0.6 is 0 Å². The zero-order valence-electron chi connectivity index (χ0n) is 14.6. The van der Waals surface area contributed by atoms with E-state index in [2.05, 4.69) is 17.8 Å². The first-order valence-corrected chi connectivity index (χ1v) is 8.10. The molecule has 5 nitrogen and oxygen atoms in total. The van der Waals surface area contributed by atoms with Gasteiger partial charge in [0.25, 0.3) is 0 Å². The Balaban J connectivity index is 0.000000468. The monoisotopic (exact) mass is 324 g/mol. The maximum Gasteiger partial charge on any atom is 0.222 e. The summed E-state index contributed by atoms with van der Waals surface area (Å²) in [5.41, 5.74) is 0. The minimum absolute atomic E-state index is 0.0226. The van der Waals surface area contributed by atoms with E-state index in [4.69, 9.17) is 25.4 Å². The molecule has 5 heteroatoms. The Morgan fingerprint density at radius 1 is 0.957 bits per heavy atom. The van der Waals surface area contributed by atoms with Gasteiger partial charge in [-0.3, -0.25) is 4.79 Å². The van der Waals surface area contributed by atoms with Crippen LogP contribution in [0.4, 0.5) is 0 Å². The number of Topliss-reactive ketones (excluding diaryl/α,β-unsaturated/α-hetero) is 1. The van der Waals surface area contributed by atoms with E-state index >= 15 is 0 Å². The number of carbonyl (C=O) groups is 1. The van der Waals surface area contributed by atoms with Crippen LogP contribution in [0.2, 0.25) is 0 Å². The highest BCUT2D eigenvalue weighted by atomic mass is 16.7. The zero-order chi connectivity index (χ0) is 17.5. The molecule has 0 aromatic heterocycles. The second-order valence-corrected chi connectivity index (χ2v) is 4.56. The Kier molecular flexibility index (Phi) is 13.4.